The Kier molecular flexibility index (Phi) is 1.96. The Labute approximate surface area is 74.9 Å². The van der Waals surface area contributed by atoms with Crippen LogP contribution in [0.15, 0.2) is 29.0 Å². The lowest BCUT2D eigenvalue weighted by Crippen LogP contribution is -1.67. The highest BCUT2D eigenvalue weighted by atomic mass is 32.1. The fraction of sp³-hybridized carbons (Fsp3) is 0.222. The second-order valence-electron chi connectivity index (χ2n) is 2.46. The monoisotopic (exact) mass is 179 g/mol. The summed E-state index contributed by atoms with van der Waals surface area (Å²) >= 11 is 1.73. The van der Waals surface area contributed by atoms with Crippen LogP contribution in [-0.4, -0.2) is 4.98 Å². The minimum Gasteiger partial charge on any atom is -0.444 e. The molecule has 0 saturated carbocycles. The first-order valence-corrected chi connectivity index (χ1v) is 4.70. The van der Waals surface area contributed by atoms with Crippen LogP contribution in [0.3, 0.4) is 0 Å². The van der Waals surface area contributed by atoms with Crippen LogP contribution in [0.25, 0.3) is 10.8 Å². The van der Waals surface area contributed by atoms with E-state index in [1.165, 1.54) is 4.88 Å². The summed E-state index contributed by atoms with van der Waals surface area (Å²) in [6.07, 6.45) is 4.34. The number of nitrogens with zero attached hydrogens (tertiary/aromatic N) is 1. The maximum Gasteiger partial charge on any atom is 0.236 e. The van der Waals surface area contributed by atoms with Gasteiger partial charge in [-0.15, -0.1) is 11.3 Å². The minimum absolute atomic E-state index is 0.722. The van der Waals surface area contributed by atoms with Crippen LogP contribution in [0.4, 0.5) is 0 Å². The van der Waals surface area contributed by atoms with E-state index in [-0.39, 0.29) is 0 Å². The molecule has 0 bridgehead atoms. The van der Waals surface area contributed by atoms with Crippen LogP contribution in [0.1, 0.15) is 11.8 Å². The van der Waals surface area contributed by atoms with Gasteiger partial charge in [-0.2, -0.15) is 0 Å². The Hall–Kier alpha value is -1.09. The van der Waals surface area contributed by atoms with Gasteiger partial charge in [0.2, 0.25) is 5.89 Å². The third kappa shape index (κ3) is 1.28. The zero-order chi connectivity index (χ0) is 8.39. The van der Waals surface area contributed by atoms with Gasteiger partial charge in [0.15, 0.2) is 0 Å². The molecule has 0 aliphatic heterocycles. The quantitative estimate of drug-likeness (QED) is 0.708. The molecule has 2 rings (SSSR count). The molecular formula is C9H9NOS. The second-order valence-corrected chi connectivity index (χ2v) is 3.63. The van der Waals surface area contributed by atoms with E-state index < -0.39 is 0 Å². The smallest absolute Gasteiger partial charge is 0.236 e. The van der Waals surface area contributed by atoms with Crippen LogP contribution < -0.4 is 0 Å². The van der Waals surface area contributed by atoms with Crippen molar-refractivity contribution in [2.75, 3.05) is 0 Å². The molecule has 0 spiro atoms. The van der Waals surface area contributed by atoms with Crippen molar-refractivity contribution >= 4 is 11.3 Å². The molecule has 2 aromatic rings. The van der Waals surface area contributed by atoms with E-state index >= 15 is 0 Å². The molecule has 0 radical (unpaired) electrons. The van der Waals surface area contributed by atoms with Gasteiger partial charge in [-0.05, 0) is 18.6 Å². The molecule has 0 aliphatic carbocycles. The highest BCUT2D eigenvalue weighted by molar-refractivity contribution is 7.15. The van der Waals surface area contributed by atoms with E-state index in [0.29, 0.717) is 0 Å². The van der Waals surface area contributed by atoms with Crippen molar-refractivity contribution in [1.29, 1.82) is 0 Å². The molecule has 0 saturated heterocycles. The first-order valence-electron chi connectivity index (χ1n) is 3.88. The molecule has 0 aromatic carbocycles. The molecule has 0 amide bonds. The van der Waals surface area contributed by atoms with Gasteiger partial charge >= 0.3 is 0 Å². The zero-order valence-electron chi connectivity index (χ0n) is 6.78. The van der Waals surface area contributed by atoms with Gasteiger partial charge in [0.05, 0.1) is 11.1 Å². The summed E-state index contributed by atoms with van der Waals surface area (Å²) in [6, 6.07) is 4.17. The second kappa shape index (κ2) is 3.11. The summed E-state index contributed by atoms with van der Waals surface area (Å²) in [6.45, 7) is 2.14. The predicted molar refractivity (Wildman–Crippen MR) is 49.2 cm³/mol. The van der Waals surface area contributed by atoms with E-state index in [9.17, 15) is 0 Å². The van der Waals surface area contributed by atoms with Crippen molar-refractivity contribution < 1.29 is 4.42 Å². The minimum atomic E-state index is 0.722. The van der Waals surface area contributed by atoms with Crippen molar-refractivity contribution in [3.63, 3.8) is 0 Å². The summed E-state index contributed by atoms with van der Waals surface area (Å²) in [5.74, 6) is 0.722. The fourth-order valence-electron chi connectivity index (χ4n) is 1.03. The Morgan fingerprint density at radius 3 is 3.00 bits per heavy atom. The number of oxazole rings is 1. The first kappa shape index (κ1) is 7.55. The SMILES string of the molecule is CCc1ccc(-c2ncco2)s1. The van der Waals surface area contributed by atoms with Gasteiger partial charge in [0, 0.05) is 4.88 Å². The van der Waals surface area contributed by atoms with Crippen molar-refractivity contribution in [3.05, 3.63) is 29.5 Å². The third-order valence-electron chi connectivity index (χ3n) is 1.65. The van der Waals surface area contributed by atoms with Gasteiger partial charge in [-0.3, -0.25) is 0 Å². The Morgan fingerprint density at radius 1 is 1.50 bits per heavy atom. The molecule has 3 heteroatoms. The van der Waals surface area contributed by atoms with E-state index in [1.807, 2.05) is 0 Å². The molecule has 12 heavy (non-hydrogen) atoms. The van der Waals surface area contributed by atoms with Crippen LogP contribution in [-0.2, 0) is 6.42 Å². The molecule has 0 aliphatic rings. The van der Waals surface area contributed by atoms with E-state index in [2.05, 4.69) is 24.0 Å². The lowest BCUT2D eigenvalue weighted by Gasteiger charge is -1.86. The van der Waals surface area contributed by atoms with Gasteiger partial charge in [0.1, 0.15) is 6.26 Å². The Bertz CT molecular complexity index is 350. The number of rotatable bonds is 2. The lowest BCUT2D eigenvalue weighted by molar-refractivity contribution is 0.576. The third-order valence-corrected chi connectivity index (χ3v) is 2.87. The standard InChI is InChI=1S/C9H9NOS/c1-2-7-3-4-8(12-7)9-10-5-6-11-9/h3-6H,2H2,1H3. The molecular weight excluding hydrogens is 170 g/mol. The van der Waals surface area contributed by atoms with Crippen LogP contribution in [0.2, 0.25) is 0 Å². The van der Waals surface area contributed by atoms with E-state index in [1.54, 1.807) is 23.8 Å². The van der Waals surface area contributed by atoms with E-state index in [4.69, 9.17) is 4.42 Å². The normalized spacial score (nSPS) is 10.4. The van der Waals surface area contributed by atoms with Crippen LogP contribution in [0, 0.1) is 0 Å². The first-order chi connectivity index (χ1) is 5.90. The van der Waals surface area contributed by atoms with Gasteiger partial charge in [-0.1, -0.05) is 6.92 Å². The number of aromatic nitrogens is 1. The molecule has 2 heterocycles. The molecule has 0 unspecified atom stereocenters. The summed E-state index contributed by atoms with van der Waals surface area (Å²) in [5, 5.41) is 0. The molecule has 0 fully saturated rings. The average Bonchev–Trinajstić information content (AvgIpc) is 2.75. The topological polar surface area (TPSA) is 26.0 Å². The fourth-order valence-corrected chi connectivity index (χ4v) is 1.92. The largest absolute Gasteiger partial charge is 0.444 e. The van der Waals surface area contributed by atoms with Crippen molar-refractivity contribution in [1.82, 2.24) is 4.98 Å². The molecule has 0 N–H and O–H groups in total. The summed E-state index contributed by atoms with van der Waals surface area (Å²) in [7, 11) is 0. The highest BCUT2D eigenvalue weighted by Crippen LogP contribution is 2.26. The summed E-state index contributed by atoms with van der Waals surface area (Å²) < 4.78 is 5.18. The average molecular weight is 179 g/mol. The number of hydrogen-bond acceptors (Lipinski definition) is 3. The maximum absolute atomic E-state index is 5.18. The molecule has 2 nitrogen and oxygen atoms in total. The Morgan fingerprint density at radius 2 is 2.42 bits per heavy atom. The van der Waals surface area contributed by atoms with Crippen LogP contribution >= 0.6 is 11.3 Å². The molecule has 2 aromatic heterocycles. The van der Waals surface area contributed by atoms with Crippen molar-refractivity contribution in [2.45, 2.75) is 13.3 Å². The van der Waals surface area contributed by atoms with Gasteiger partial charge in [-0.25, -0.2) is 4.98 Å². The Balaban J connectivity index is 2.35. The molecule has 62 valence electrons. The van der Waals surface area contributed by atoms with Gasteiger partial charge in [0.25, 0.3) is 0 Å². The number of aryl methyl sites for hydroxylation is 1. The number of hydrogen-bond donors (Lipinski definition) is 0. The summed E-state index contributed by atoms with van der Waals surface area (Å²) in [5.41, 5.74) is 0. The van der Waals surface area contributed by atoms with Gasteiger partial charge < -0.3 is 4.42 Å². The predicted octanol–water partition coefficient (Wildman–Crippen LogP) is 2.97. The highest BCUT2D eigenvalue weighted by Gasteiger charge is 2.04. The zero-order valence-corrected chi connectivity index (χ0v) is 7.60. The van der Waals surface area contributed by atoms with E-state index in [0.717, 1.165) is 17.2 Å². The van der Waals surface area contributed by atoms with Crippen molar-refractivity contribution in [3.8, 4) is 10.8 Å². The lowest BCUT2D eigenvalue weighted by atomic mass is 10.4. The molecule has 0 atom stereocenters. The maximum atomic E-state index is 5.18. The summed E-state index contributed by atoms with van der Waals surface area (Å²) in [4.78, 5) is 6.55. The van der Waals surface area contributed by atoms with Crippen LogP contribution in [0.5, 0.6) is 0 Å². The van der Waals surface area contributed by atoms with Crippen molar-refractivity contribution in [2.24, 2.45) is 0 Å². The number of thiophene rings is 1.